The highest BCUT2D eigenvalue weighted by Gasteiger charge is 2.22. The number of rotatable bonds is 6. The minimum Gasteiger partial charge on any atom is -0.494 e. The molecular formula is C16H22ClNO2. The van der Waals surface area contributed by atoms with Gasteiger partial charge < -0.3 is 10.1 Å². The van der Waals surface area contributed by atoms with Gasteiger partial charge in [0.05, 0.1) is 6.61 Å². The first-order valence-corrected chi connectivity index (χ1v) is 7.81. The van der Waals surface area contributed by atoms with E-state index in [9.17, 15) is 4.79 Å². The number of alkyl halides is 1. The predicted molar refractivity (Wildman–Crippen MR) is 81.2 cm³/mol. The second-order valence-corrected chi connectivity index (χ2v) is 5.71. The Morgan fingerprint density at radius 1 is 1.35 bits per heavy atom. The van der Waals surface area contributed by atoms with E-state index in [4.69, 9.17) is 16.3 Å². The molecule has 1 unspecified atom stereocenters. The van der Waals surface area contributed by atoms with Crippen LogP contribution in [0.1, 0.15) is 50.0 Å². The fourth-order valence-corrected chi connectivity index (χ4v) is 2.66. The zero-order valence-electron chi connectivity index (χ0n) is 11.9. The molecule has 1 aromatic rings. The molecule has 0 radical (unpaired) electrons. The third-order valence-electron chi connectivity index (χ3n) is 3.58. The fraction of sp³-hybridized carbons (Fsp3) is 0.562. The summed E-state index contributed by atoms with van der Waals surface area (Å²) in [7, 11) is 0. The number of nitrogens with one attached hydrogen (secondary N) is 1. The predicted octanol–water partition coefficient (Wildman–Crippen LogP) is 3.81. The lowest BCUT2D eigenvalue weighted by Crippen LogP contribution is -2.34. The zero-order chi connectivity index (χ0) is 14.4. The van der Waals surface area contributed by atoms with Crippen molar-refractivity contribution in [2.24, 2.45) is 0 Å². The Labute approximate surface area is 125 Å². The van der Waals surface area contributed by atoms with Gasteiger partial charge in [0, 0.05) is 6.04 Å². The van der Waals surface area contributed by atoms with Gasteiger partial charge in [-0.05, 0) is 37.0 Å². The van der Waals surface area contributed by atoms with Crippen molar-refractivity contribution in [3.63, 3.8) is 0 Å². The number of hydrogen-bond acceptors (Lipinski definition) is 2. The summed E-state index contributed by atoms with van der Waals surface area (Å²) in [6.07, 6.45) is 5.50. The second-order valence-electron chi connectivity index (χ2n) is 5.27. The lowest BCUT2D eigenvalue weighted by molar-refractivity contribution is -0.121. The Morgan fingerprint density at radius 3 is 2.60 bits per heavy atom. The average molecular weight is 296 g/mol. The number of halogens is 1. The molecule has 20 heavy (non-hydrogen) atoms. The van der Waals surface area contributed by atoms with Crippen molar-refractivity contribution in [2.45, 2.75) is 50.4 Å². The van der Waals surface area contributed by atoms with Gasteiger partial charge in [0.15, 0.2) is 0 Å². The number of amides is 1. The van der Waals surface area contributed by atoms with Crippen LogP contribution in [0.5, 0.6) is 5.75 Å². The summed E-state index contributed by atoms with van der Waals surface area (Å²) in [5, 5.41) is 2.40. The summed E-state index contributed by atoms with van der Waals surface area (Å²) >= 11 is 6.24. The fourth-order valence-electron chi connectivity index (χ4n) is 2.45. The molecule has 2 rings (SSSR count). The first-order valence-electron chi connectivity index (χ1n) is 7.38. The van der Waals surface area contributed by atoms with E-state index in [1.807, 2.05) is 24.3 Å². The molecule has 1 aromatic carbocycles. The van der Waals surface area contributed by atoms with Gasteiger partial charge in [-0.3, -0.25) is 4.79 Å². The van der Waals surface area contributed by atoms with Crippen LogP contribution in [-0.4, -0.2) is 18.6 Å². The number of benzene rings is 1. The minimum absolute atomic E-state index is 0.0965. The summed E-state index contributed by atoms with van der Waals surface area (Å²) in [6, 6.07) is 7.75. The van der Waals surface area contributed by atoms with E-state index in [0.29, 0.717) is 12.6 Å². The Morgan fingerprint density at radius 2 is 2.00 bits per heavy atom. The maximum absolute atomic E-state index is 12.1. The highest BCUT2D eigenvalue weighted by Crippen LogP contribution is 2.25. The Balaban J connectivity index is 1.90. The van der Waals surface area contributed by atoms with Gasteiger partial charge in [0.25, 0.3) is 0 Å². The monoisotopic (exact) mass is 295 g/mol. The van der Waals surface area contributed by atoms with E-state index in [2.05, 4.69) is 12.2 Å². The number of carbonyl (C=O) groups is 1. The maximum atomic E-state index is 12.1. The quantitative estimate of drug-likeness (QED) is 0.810. The third-order valence-corrected chi connectivity index (χ3v) is 4.03. The van der Waals surface area contributed by atoms with Crippen molar-refractivity contribution >= 4 is 17.5 Å². The van der Waals surface area contributed by atoms with Crippen molar-refractivity contribution in [1.82, 2.24) is 5.32 Å². The van der Waals surface area contributed by atoms with E-state index in [-0.39, 0.29) is 5.91 Å². The van der Waals surface area contributed by atoms with E-state index < -0.39 is 5.38 Å². The lowest BCUT2D eigenvalue weighted by atomic mass is 10.1. The molecule has 1 saturated carbocycles. The average Bonchev–Trinajstić information content (AvgIpc) is 2.97. The summed E-state index contributed by atoms with van der Waals surface area (Å²) in [4.78, 5) is 12.1. The van der Waals surface area contributed by atoms with E-state index in [1.54, 1.807) is 0 Å². The summed E-state index contributed by atoms with van der Waals surface area (Å²) < 4.78 is 5.51. The molecule has 1 aliphatic carbocycles. The second kappa shape index (κ2) is 7.53. The highest BCUT2D eigenvalue weighted by atomic mass is 35.5. The van der Waals surface area contributed by atoms with Crippen LogP contribution in [0.25, 0.3) is 0 Å². The van der Waals surface area contributed by atoms with Gasteiger partial charge in [-0.25, -0.2) is 0 Å². The van der Waals surface area contributed by atoms with Crippen LogP contribution in [0.15, 0.2) is 24.3 Å². The van der Waals surface area contributed by atoms with Gasteiger partial charge in [0.2, 0.25) is 5.91 Å². The molecule has 110 valence electrons. The minimum atomic E-state index is -0.629. The number of carbonyl (C=O) groups excluding carboxylic acids is 1. The van der Waals surface area contributed by atoms with Crippen molar-refractivity contribution < 1.29 is 9.53 Å². The van der Waals surface area contributed by atoms with Crippen LogP contribution in [0.4, 0.5) is 0 Å². The van der Waals surface area contributed by atoms with Crippen LogP contribution in [0.3, 0.4) is 0 Å². The topological polar surface area (TPSA) is 38.3 Å². The van der Waals surface area contributed by atoms with Crippen molar-refractivity contribution in [3.8, 4) is 5.75 Å². The SMILES string of the molecule is CCCOc1ccc(C(Cl)C(=O)NC2CCCC2)cc1. The van der Waals surface area contributed by atoms with Crippen molar-refractivity contribution in [2.75, 3.05) is 6.61 Å². The molecule has 0 spiro atoms. The highest BCUT2D eigenvalue weighted by molar-refractivity contribution is 6.30. The smallest absolute Gasteiger partial charge is 0.242 e. The molecule has 0 heterocycles. The molecule has 0 aliphatic heterocycles. The molecule has 0 aromatic heterocycles. The Bertz CT molecular complexity index is 427. The largest absolute Gasteiger partial charge is 0.494 e. The van der Waals surface area contributed by atoms with Gasteiger partial charge in [-0.15, -0.1) is 11.6 Å². The van der Waals surface area contributed by atoms with Crippen LogP contribution in [0.2, 0.25) is 0 Å². The lowest BCUT2D eigenvalue weighted by Gasteiger charge is -2.16. The molecule has 1 fully saturated rings. The molecule has 1 atom stereocenters. The zero-order valence-corrected chi connectivity index (χ0v) is 12.7. The molecule has 0 bridgehead atoms. The van der Waals surface area contributed by atoms with Gasteiger partial charge in [-0.2, -0.15) is 0 Å². The van der Waals surface area contributed by atoms with Crippen LogP contribution < -0.4 is 10.1 Å². The van der Waals surface area contributed by atoms with Crippen LogP contribution in [-0.2, 0) is 4.79 Å². The molecule has 1 amide bonds. The first-order chi connectivity index (χ1) is 9.70. The third kappa shape index (κ3) is 4.14. The molecule has 0 saturated heterocycles. The van der Waals surface area contributed by atoms with E-state index in [0.717, 1.165) is 30.6 Å². The molecule has 3 nitrogen and oxygen atoms in total. The summed E-state index contributed by atoms with van der Waals surface area (Å²) in [5.41, 5.74) is 0.811. The Hall–Kier alpha value is -1.22. The first kappa shape index (κ1) is 15.2. The number of hydrogen-bond donors (Lipinski definition) is 1. The summed E-state index contributed by atoms with van der Waals surface area (Å²) in [5.74, 6) is 0.719. The normalized spacial score (nSPS) is 16.9. The molecule has 1 N–H and O–H groups in total. The van der Waals surface area contributed by atoms with Gasteiger partial charge >= 0.3 is 0 Å². The maximum Gasteiger partial charge on any atom is 0.242 e. The summed E-state index contributed by atoms with van der Waals surface area (Å²) in [6.45, 7) is 2.77. The van der Waals surface area contributed by atoms with Crippen LogP contribution >= 0.6 is 11.6 Å². The van der Waals surface area contributed by atoms with E-state index in [1.165, 1.54) is 12.8 Å². The van der Waals surface area contributed by atoms with Crippen molar-refractivity contribution in [1.29, 1.82) is 0 Å². The molecule has 1 aliphatic rings. The van der Waals surface area contributed by atoms with Gasteiger partial charge in [0.1, 0.15) is 11.1 Å². The Kier molecular flexibility index (Phi) is 5.72. The van der Waals surface area contributed by atoms with E-state index >= 15 is 0 Å². The standard InChI is InChI=1S/C16H22ClNO2/c1-2-11-20-14-9-7-12(8-10-14)15(17)16(19)18-13-5-3-4-6-13/h7-10,13,15H,2-6,11H2,1H3,(H,18,19). The van der Waals surface area contributed by atoms with Gasteiger partial charge in [-0.1, -0.05) is 31.9 Å². The van der Waals surface area contributed by atoms with Crippen molar-refractivity contribution in [3.05, 3.63) is 29.8 Å². The molecular weight excluding hydrogens is 274 g/mol. The van der Waals surface area contributed by atoms with Crippen LogP contribution in [0, 0.1) is 0 Å². The molecule has 4 heteroatoms. The number of ether oxygens (including phenoxy) is 1.